The Labute approximate surface area is 175 Å². The molecule has 156 valence electrons. The summed E-state index contributed by atoms with van der Waals surface area (Å²) in [6, 6.07) is 10.2. The molecule has 0 bridgehead atoms. The number of aromatic nitrogens is 3. The summed E-state index contributed by atoms with van der Waals surface area (Å²) in [4.78, 5) is 19.0. The molecule has 0 saturated carbocycles. The van der Waals surface area contributed by atoms with Gasteiger partial charge in [0, 0.05) is 35.8 Å². The number of benzene rings is 1. The van der Waals surface area contributed by atoms with Crippen LogP contribution in [0.4, 0.5) is 10.2 Å². The molecule has 3 aromatic rings. The third kappa shape index (κ3) is 3.98. The normalized spacial score (nSPS) is 14.4. The van der Waals surface area contributed by atoms with Crippen molar-refractivity contribution in [3.63, 3.8) is 0 Å². The number of hydrogen-bond donors (Lipinski definition) is 1. The number of carbonyl (C=O) groups excluding carboxylic acids is 1. The molecule has 30 heavy (non-hydrogen) atoms. The lowest BCUT2D eigenvalue weighted by Gasteiger charge is -2.24. The monoisotopic (exact) mass is 407 g/mol. The van der Waals surface area contributed by atoms with E-state index in [1.807, 2.05) is 37.6 Å². The zero-order valence-electron chi connectivity index (χ0n) is 17.7. The topological polar surface area (TPSA) is 63.1 Å². The molecule has 0 spiro atoms. The Morgan fingerprint density at radius 2 is 1.83 bits per heavy atom. The lowest BCUT2D eigenvalue weighted by molar-refractivity contribution is -0.123. The number of anilines is 1. The Morgan fingerprint density at radius 3 is 2.53 bits per heavy atom. The van der Waals surface area contributed by atoms with Crippen LogP contribution >= 0.6 is 0 Å². The average Bonchev–Trinajstić information content (AvgIpc) is 3.06. The van der Waals surface area contributed by atoms with Gasteiger partial charge in [0.15, 0.2) is 0 Å². The molecule has 2 aromatic heterocycles. The van der Waals surface area contributed by atoms with Gasteiger partial charge in [-0.15, -0.1) is 0 Å². The van der Waals surface area contributed by atoms with Crippen LogP contribution < -0.4 is 5.32 Å². The summed E-state index contributed by atoms with van der Waals surface area (Å²) >= 11 is 0. The molecular weight excluding hydrogens is 381 g/mol. The number of nitrogens with one attached hydrogen (secondary N) is 1. The Hall–Kier alpha value is -3.06. The van der Waals surface area contributed by atoms with Crippen LogP contribution in [0.2, 0.25) is 0 Å². The number of amides is 1. The molecule has 4 rings (SSSR count). The molecule has 6 nitrogen and oxygen atoms in total. The molecule has 0 atom stereocenters. The Morgan fingerprint density at radius 1 is 1.10 bits per heavy atom. The summed E-state index contributed by atoms with van der Waals surface area (Å²) in [6.07, 6.45) is 1.69. The summed E-state index contributed by atoms with van der Waals surface area (Å²) in [6.45, 7) is 8.06. The largest absolute Gasteiger partial charge is 0.310 e. The van der Waals surface area contributed by atoms with Gasteiger partial charge in [-0.25, -0.2) is 9.37 Å². The third-order valence-electron chi connectivity index (χ3n) is 5.26. The number of likely N-dealkylation sites (N-methyl/N-ethyl adjacent to an activating group) is 1. The van der Waals surface area contributed by atoms with Crippen LogP contribution in [0.1, 0.15) is 26.5 Å². The molecule has 0 radical (unpaired) electrons. The minimum atomic E-state index is -0.517. The molecule has 1 aliphatic heterocycles. The minimum Gasteiger partial charge on any atom is -0.310 e. The van der Waals surface area contributed by atoms with Crippen LogP contribution in [0.3, 0.4) is 0 Å². The maximum absolute atomic E-state index is 13.5. The smallest absolute Gasteiger partial charge is 0.230 e. The zero-order chi connectivity index (χ0) is 21.5. The van der Waals surface area contributed by atoms with Gasteiger partial charge in [-0.05, 0) is 49.0 Å². The first kappa shape index (κ1) is 20.2. The van der Waals surface area contributed by atoms with E-state index in [4.69, 9.17) is 5.10 Å². The van der Waals surface area contributed by atoms with Gasteiger partial charge < -0.3 is 5.32 Å². The number of nitrogens with zero attached hydrogens (tertiary/aromatic N) is 4. The number of halogens is 1. The lowest BCUT2D eigenvalue weighted by Crippen LogP contribution is -2.30. The molecule has 1 N–H and O–H groups in total. The molecule has 1 amide bonds. The van der Waals surface area contributed by atoms with E-state index in [0.29, 0.717) is 5.82 Å². The fourth-order valence-corrected chi connectivity index (χ4v) is 3.51. The van der Waals surface area contributed by atoms with E-state index in [2.05, 4.69) is 22.2 Å². The van der Waals surface area contributed by atoms with E-state index < -0.39 is 5.41 Å². The maximum atomic E-state index is 13.5. The zero-order valence-corrected chi connectivity index (χ0v) is 17.7. The fourth-order valence-electron chi connectivity index (χ4n) is 3.51. The van der Waals surface area contributed by atoms with Crippen molar-refractivity contribution in [1.29, 1.82) is 0 Å². The highest BCUT2D eigenvalue weighted by Gasteiger charge is 2.26. The van der Waals surface area contributed by atoms with Crippen LogP contribution in [0.15, 0.2) is 42.6 Å². The first-order chi connectivity index (χ1) is 14.2. The van der Waals surface area contributed by atoms with Gasteiger partial charge in [0.1, 0.15) is 17.3 Å². The number of carbonyl (C=O) groups is 1. The molecule has 0 aliphatic carbocycles. The minimum absolute atomic E-state index is 0.0947. The highest BCUT2D eigenvalue weighted by atomic mass is 19.1. The summed E-state index contributed by atoms with van der Waals surface area (Å²) < 4.78 is 15.5. The van der Waals surface area contributed by atoms with Crippen molar-refractivity contribution in [3.05, 3.63) is 54.1 Å². The number of pyridine rings is 1. The van der Waals surface area contributed by atoms with Crippen molar-refractivity contribution < 1.29 is 9.18 Å². The summed E-state index contributed by atoms with van der Waals surface area (Å²) in [7, 11) is 2.08. The third-order valence-corrected chi connectivity index (χ3v) is 5.26. The standard InChI is InChI=1S/C23H26FN5O/c1-23(2,3)22(30)26-19-13-16(9-10-25-19)20-18-14-28(4)11-12-29(18)27-21(20)15-5-7-17(24)8-6-15/h5-10,13H,11-12,14H2,1-4H3,(H,25,26,30). The number of rotatable bonds is 3. The SMILES string of the molecule is CN1CCn2nc(-c3ccc(F)cc3)c(-c3ccnc(NC(=O)C(C)(C)C)c3)c2C1. The quantitative estimate of drug-likeness (QED) is 0.707. The van der Waals surface area contributed by atoms with Gasteiger partial charge >= 0.3 is 0 Å². The summed E-state index contributed by atoms with van der Waals surface area (Å²) in [5.41, 5.74) is 4.15. The second-order valence-corrected chi connectivity index (χ2v) is 8.77. The lowest BCUT2D eigenvalue weighted by atomic mass is 9.95. The second kappa shape index (κ2) is 7.65. The average molecular weight is 407 g/mol. The fraction of sp³-hybridized carbons (Fsp3) is 0.348. The highest BCUT2D eigenvalue weighted by Crippen LogP contribution is 2.37. The molecule has 7 heteroatoms. The Balaban J connectivity index is 1.82. The van der Waals surface area contributed by atoms with Crippen molar-refractivity contribution in [1.82, 2.24) is 19.7 Å². The van der Waals surface area contributed by atoms with E-state index in [0.717, 1.165) is 47.7 Å². The van der Waals surface area contributed by atoms with E-state index in [9.17, 15) is 9.18 Å². The van der Waals surface area contributed by atoms with E-state index in [-0.39, 0.29) is 11.7 Å². The number of hydrogen-bond acceptors (Lipinski definition) is 4. The summed E-state index contributed by atoms with van der Waals surface area (Å²) in [5, 5.41) is 7.75. The molecule has 0 fully saturated rings. The molecule has 0 unspecified atom stereocenters. The summed E-state index contributed by atoms with van der Waals surface area (Å²) in [5.74, 6) is 0.129. The first-order valence-corrected chi connectivity index (χ1v) is 10.0. The predicted molar refractivity (Wildman–Crippen MR) is 115 cm³/mol. The molecular formula is C23H26FN5O. The van der Waals surface area contributed by atoms with Gasteiger partial charge in [0.05, 0.1) is 12.2 Å². The van der Waals surface area contributed by atoms with Gasteiger partial charge in [-0.1, -0.05) is 20.8 Å². The highest BCUT2D eigenvalue weighted by molar-refractivity contribution is 5.94. The van der Waals surface area contributed by atoms with Crippen LogP contribution in [0.25, 0.3) is 22.4 Å². The van der Waals surface area contributed by atoms with Crippen molar-refractivity contribution in [3.8, 4) is 22.4 Å². The van der Waals surface area contributed by atoms with Crippen molar-refractivity contribution in [2.75, 3.05) is 18.9 Å². The van der Waals surface area contributed by atoms with Gasteiger partial charge in [0.25, 0.3) is 0 Å². The van der Waals surface area contributed by atoms with Crippen molar-refractivity contribution in [2.24, 2.45) is 5.41 Å². The van der Waals surface area contributed by atoms with Gasteiger partial charge in [-0.2, -0.15) is 5.10 Å². The van der Waals surface area contributed by atoms with Gasteiger partial charge in [-0.3, -0.25) is 14.4 Å². The predicted octanol–water partition coefficient (Wildman–Crippen LogP) is 4.18. The molecule has 1 aromatic carbocycles. The van der Waals surface area contributed by atoms with Crippen LogP contribution in [-0.2, 0) is 17.9 Å². The van der Waals surface area contributed by atoms with E-state index in [1.165, 1.54) is 12.1 Å². The number of fused-ring (bicyclic) bond motifs is 1. The van der Waals surface area contributed by atoms with E-state index in [1.54, 1.807) is 18.3 Å². The van der Waals surface area contributed by atoms with Crippen LogP contribution in [0.5, 0.6) is 0 Å². The van der Waals surface area contributed by atoms with Crippen molar-refractivity contribution in [2.45, 2.75) is 33.9 Å². The molecule has 1 aliphatic rings. The van der Waals surface area contributed by atoms with Crippen LogP contribution in [0, 0.1) is 11.2 Å². The van der Waals surface area contributed by atoms with E-state index >= 15 is 0 Å². The Bertz CT molecular complexity index is 1080. The second-order valence-electron chi connectivity index (χ2n) is 8.77. The maximum Gasteiger partial charge on any atom is 0.230 e. The first-order valence-electron chi connectivity index (χ1n) is 10.0. The van der Waals surface area contributed by atoms with Gasteiger partial charge in [0.2, 0.25) is 5.91 Å². The molecule has 3 heterocycles. The van der Waals surface area contributed by atoms with Crippen molar-refractivity contribution >= 4 is 11.7 Å². The molecule has 0 saturated heterocycles. The van der Waals surface area contributed by atoms with Crippen LogP contribution in [-0.4, -0.2) is 39.2 Å². The Kier molecular flexibility index (Phi) is 5.15.